The van der Waals surface area contributed by atoms with Crippen LogP contribution in [0.25, 0.3) is 10.9 Å². The van der Waals surface area contributed by atoms with Crippen molar-refractivity contribution in [2.75, 3.05) is 18.1 Å². The normalized spacial score (nSPS) is 10.4. The highest BCUT2D eigenvalue weighted by Crippen LogP contribution is 2.17. The summed E-state index contributed by atoms with van der Waals surface area (Å²) >= 11 is 0. The smallest absolute Gasteiger partial charge is 0.359 e. The Hall–Kier alpha value is -3.41. The van der Waals surface area contributed by atoms with Gasteiger partial charge in [0, 0.05) is 17.6 Å². The van der Waals surface area contributed by atoms with Crippen LogP contribution in [0, 0.1) is 0 Å². The fourth-order valence-corrected chi connectivity index (χ4v) is 2.48. The first kappa shape index (κ1) is 16.4. The van der Waals surface area contributed by atoms with E-state index in [4.69, 9.17) is 4.74 Å². The van der Waals surface area contributed by atoms with Gasteiger partial charge >= 0.3 is 5.97 Å². The highest BCUT2D eigenvalue weighted by molar-refractivity contribution is 6.03. The molecule has 6 heteroatoms. The quantitative estimate of drug-likeness (QED) is 0.555. The number of nitrogens with zero attached hydrogens (tertiary/aromatic N) is 2. The first-order valence-electron chi connectivity index (χ1n) is 7.77. The molecular weight excluding hydrogens is 318 g/mol. The van der Waals surface area contributed by atoms with E-state index >= 15 is 0 Å². The number of fused-ring (bicyclic) bond motifs is 1. The van der Waals surface area contributed by atoms with Gasteiger partial charge in [0.2, 0.25) is 0 Å². The highest BCUT2D eigenvalue weighted by Gasteiger charge is 2.20. The average Bonchev–Trinajstić information content (AvgIpc) is 3.09. The third kappa shape index (κ3) is 3.58. The van der Waals surface area contributed by atoms with E-state index in [1.54, 1.807) is 18.2 Å². The summed E-state index contributed by atoms with van der Waals surface area (Å²) in [6.45, 7) is 3.62. The van der Waals surface area contributed by atoms with E-state index in [0.29, 0.717) is 17.6 Å². The van der Waals surface area contributed by atoms with Gasteiger partial charge in [0.25, 0.3) is 5.91 Å². The molecule has 6 nitrogen and oxygen atoms in total. The number of nitrogens with one attached hydrogen (secondary N) is 1. The molecule has 1 amide bonds. The predicted octanol–water partition coefficient (Wildman–Crippen LogP) is 2.94. The van der Waals surface area contributed by atoms with Crippen molar-refractivity contribution < 1.29 is 14.3 Å². The number of carbonyl (C=O) groups is 2. The molecule has 2 aromatic carbocycles. The minimum absolute atomic E-state index is 0.165. The number of ether oxygens (including phenoxy) is 1. The molecule has 0 bridgehead atoms. The van der Waals surface area contributed by atoms with Crippen molar-refractivity contribution in [3.05, 3.63) is 72.9 Å². The molecule has 0 fully saturated rings. The van der Waals surface area contributed by atoms with Crippen LogP contribution in [0.5, 0.6) is 0 Å². The Morgan fingerprint density at radius 2 is 1.84 bits per heavy atom. The molecule has 0 unspecified atom stereocenters. The molecule has 0 radical (unpaired) electrons. The molecule has 0 aliphatic carbocycles. The third-order valence-electron chi connectivity index (χ3n) is 3.67. The van der Waals surface area contributed by atoms with E-state index in [2.05, 4.69) is 16.8 Å². The molecule has 3 aromatic rings. The van der Waals surface area contributed by atoms with Gasteiger partial charge in [-0.1, -0.05) is 42.5 Å². The summed E-state index contributed by atoms with van der Waals surface area (Å²) < 4.78 is 5.16. The van der Waals surface area contributed by atoms with E-state index in [9.17, 15) is 9.59 Å². The predicted molar refractivity (Wildman–Crippen MR) is 95.4 cm³/mol. The summed E-state index contributed by atoms with van der Waals surface area (Å²) in [7, 11) is 0. The second-order valence-electron chi connectivity index (χ2n) is 5.32. The minimum atomic E-state index is -0.641. The number of esters is 1. The summed E-state index contributed by atoms with van der Waals surface area (Å²) in [6, 6.07) is 16.4. The van der Waals surface area contributed by atoms with E-state index in [1.807, 2.05) is 42.5 Å². The highest BCUT2D eigenvalue weighted by atomic mass is 16.5. The summed E-state index contributed by atoms with van der Waals surface area (Å²) in [5.41, 5.74) is 1.62. The van der Waals surface area contributed by atoms with Gasteiger partial charge < -0.3 is 9.64 Å². The number of H-pyrrole nitrogens is 1. The maximum absolute atomic E-state index is 12.4. The average molecular weight is 335 g/mol. The number of benzene rings is 2. The number of aromatic amines is 1. The largest absolute Gasteiger partial charge is 0.451 e. The van der Waals surface area contributed by atoms with Crippen LogP contribution in [0.15, 0.2) is 67.3 Å². The maximum Gasteiger partial charge on any atom is 0.359 e. The van der Waals surface area contributed by atoms with Crippen molar-refractivity contribution in [3.63, 3.8) is 0 Å². The van der Waals surface area contributed by atoms with E-state index in [1.165, 1.54) is 4.90 Å². The lowest BCUT2D eigenvalue weighted by atomic mass is 10.2. The van der Waals surface area contributed by atoms with Crippen LogP contribution in [0.3, 0.4) is 0 Å². The lowest BCUT2D eigenvalue weighted by molar-refractivity contribution is -0.121. The van der Waals surface area contributed by atoms with Gasteiger partial charge in [-0.25, -0.2) is 4.79 Å². The summed E-state index contributed by atoms with van der Waals surface area (Å²) in [6.07, 6.45) is 1.62. The van der Waals surface area contributed by atoms with Crippen LogP contribution in [0.1, 0.15) is 10.5 Å². The zero-order valence-electron chi connectivity index (χ0n) is 13.5. The van der Waals surface area contributed by atoms with Gasteiger partial charge in [0.1, 0.15) is 0 Å². The van der Waals surface area contributed by atoms with Crippen LogP contribution in [0.4, 0.5) is 5.69 Å². The molecular formula is C19H17N3O3. The van der Waals surface area contributed by atoms with Crippen molar-refractivity contribution in [1.82, 2.24) is 10.2 Å². The second-order valence-corrected chi connectivity index (χ2v) is 5.32. The topological polar surface area (TPSA) is 75.3 Å². The van der Waals surface area contributed by atoms with Crippen LogP contribution in [0.2, 0.25) is 0 Å². The van der Waals surface area contributed by atoms with Crippen LogP contribution >= 0.6 is 0 Å². The molecule has 0 atom stereocenters. The first-order chi connectivity index (χ1) is 12.2. The van der Waals surface area contributed by atoms with E-state index in [-0.39, 0.29) is 18.2 Å². The zero-order chi connectivity index (χ0) is 17.6. The Labute approximate surface area is 144 Å². The van der Waals surface area contributed by atoms with Crippen molar-refractivity contribution >= 4 is 28.5 Å². The fraction of sp³-hybridized carbons (Fsp3) is 0.105. The van der Waals surface area contributed by atoms with Gasteiger partial charge in [-0.2, -0.15) is 5.10 Å². The first-order valence-corrected chi connectivity index (χ1v) is 7.77. The van der Waals surface area contributed by atoms with Crippen molar-refractivity contribution in [3.8, 4) is 0 Å². The number of hydrogen-bond donors (Lipinski definition) is 1. The molecule has 0 saturated heterocycles. The fourth-order valence-electron chi connectivity index (χ4n) is 2.48. The van der Waals surface area contributed by atoms with E-state index < -0.39 is 5.97 Å². The van der Waals surface area contributed by atoms with Gasteiger partial charge in [0.15, 0.2) is 12.3 Å². The van der Waals surface area contributed by atoms with E-state index in [0.717, 1.165) is 5.52 Å². The Morgan fingerprint density at radius 1 is 1.12 bits per heavy atom. The van der Waals surface area contributed by atoms with Gasteiger partial charge in [-0.15, -0.1) is 6.58 Å². The molecule has 0 saturated carbocycles. The van der Waals surface area contributed by atoms with Gasteiger partial charge in [-0.05, 0) is 18.2 Å². The van der Waals surface area contributed by atoms with Crippen molar-refractivity contribution in [2.24, 2.45) is 0 Å². The van der Waals surface area contributed by atoms with Crippen molar-refractivity contribution in [1.29, 1.82) is 0 Å². The molecule has 0 spiro atoms. The number of amides is 1. The molecule has 0 aliphatic heterocycles. The number of anilines is 1. The number of aromatic nitrogens is 2. The van der Waals surface area contributed by atoms with Gasteiger partial charge in [-0.3, -0.25) is 9.89 Å². The second kappa shape index (κ2) is 7.44. The number of rotatable bonds is 6. The number of carbonyl (C=O) groups excluding carboxylic acids is 2. The molecule has 1 N–H and O–H groups in total. The van der Waals surface area contributed by atoms with Crippen molar-refractivity contribution in [2.45, 2.75) is 0 Å². The lowest BCUT2D eigenvalue weighted by Gasteiger charge is -2.20. The summed E-state index contributed by atoms with van der Waals surface area (Å²) in [5.74, 6) is -0.975. The molecule has 3 rings (SSSR count). The van der Waals surface area contributed by atoms with Crippen LogP contribution < -0.4 is 4.90 Å². The monoisotopic (exact) mass is 335 g/mol. The molecule has 1 heterocycles. The Morgan fingerprint density at radius 3 is 2.60 bits per heavy atom. The Bertz CT molecular complexity index is 902. The Balaban J connectivity index is 1.70. The number of hydrogen-bond acceptors (Lipinski definition) is 4. The minimum Gasteiger partial charge on any atom is -0.451 e. The van der Waals surface area contributed by atoms with Crippen LogP contribution in [-0.2, 0) is 9.53 Å². The molecule has 0 aliphatic rings. The summed E-state index contributed by atoms with van der Waals surface area (Å²) in [5, 5.41) is 7.40. The van der Waals surface area contributed by atoms with Crippen LogP contribution in [-0.4, -0.2) is 35.2 Å². The molecule has 1 aromatic heterocycles. The maximum atomic E-state index is 12.4. The standard InChI is InChI=1S/C19H17N3O3/c1-2-12-22(14-8-4-3-5-9-14)17(23)13-25-19(24)18-15-10-6-7-11-16(15)20-21-18/h2-11H,1,12-13H2,(H,20,21). The Kier molecular flexibility index (Phi) is 4.89. The number of para-hydroxylation sites is 2. The van der Waals surface area contributed by atoms with Gasteiger partial charge in [0.05, 0.1) is 5.52 Å². The SMILES string of the molecule is C=CCN(C(=O)COC(=O)c1n[nH]c2ccccc12)c1ccccc1. The lowest BCUT2D eigenvalue weighted by Crippen LogP contribution is -2.34. The summed E-state index contributed by atoms with van der Waals surface area (Å²) in [4.78, 5) is 26.2. The zero-order valence-corrected chi connectivity index (χ0v) is 13.5. The molecule has 25 heavy (non-hydrogen) atoms. The molecule has 126 valence electrons. The third-order valence-corrected chi connectivity index (χ3v) is 3.67.